The lowest BCUT2D eigenvalue weighted by atomic mass is 10.1. The van der Waals surface area contributed by atoms with Gasteiger partial charge in [0, 0.05) is 34.9 Å². The lowest BCUT2D eigenvalue weighted by Gasteiger charge is -2.15. The van der Waals surface area contributed by atoms with Gasteiger partial charge in [-0.3, -0.25) is 19.3 Å². The molecule has 0 spiro atoms. The van der Waals surface area contributed by atoms with E-state index in [4.69, 9.17) is 17.3 Å². The summed E-state index contributed by atoms with van der Waals surface area (Å²) in [5, 5.41) is 15.9. The third-order valence-electron chi connectivity index (χ3n) is 6.72. The number of anilines is 1. The summed E-state index contributed by atoms with van der Waals surface area (Å²) >= 11 is 7.41. The zero-order valence-electron chi connectivity index (χ0n) is 22.0. The fraction of sp³-hybridized carbons (Fsp3) is 0.172. The molecule has 1 atom stereocenters. The van der Waals surface area contributed by atoms with E-state index in [9.17, 15) is 19.5 Å². The number of aliphatic hydroxyl groups is 1. The Hall–Kier alpha value is -4.32. The van der Waals surface area contributed by atoms with Crippen molar-refractivity contribution in [2.24, 2.45) is 5.73 Å². The van der Waals surface area contributed by atoms with Crippen molar-refractivity contribution in [1.29, 1.82) is 0 Å². The van der Waals surface area contributed by atoms with Gasteiger partial charge in [0.05, 0.1) is 34.0 Å². The first-order chi connectivity index (χ1) is 19.7. The maximum atomic E-state index is 13.2. The summed E-state index contributed by atoms with van der Waals surface area (Å²) in [6.45, 7) is 5.75. The number of nitrogens with one attached hydrogen (secondary N) is 3. The molecular formula is C29H27ClN6O4S. The second kappa shape index (κ2) is 11.7. The van der Waals surface area contributed by atoms with E-state index < -0.39 is 23.5 Å². The normalized spacial score (nSPS) is 14.3. The molecule has 0 radical (unpaired) electrons. The molecule has 12 heteroatoms. The number of allylic oxidation sites excluding steroid dienone is 1. The Bertz CT molecular complexity index is 1720. The van der Waals surface area contributed by atoms with E-state index in [1.165, 1.54) is 22.9 Å². The van der Waals surface area contributed by atoms with Crippen molar-refractivity contribution in [2.75, 3.05) is 18.4 Å². The monoisotopic (exact) mass is 590 g/mol. The Labute approximate surface area is 244 Å². The third-order valence-corrected chi connectivity index (χ3v) is 7.93. The zero-order valence-corrected chi connectivity index (χ0v) is 23.6. The molecule has 1 aliphatic heterocycles. The molecule has 2 aromatic heterocycles. The molecular weight excluding hydrogens is 564 g/mol. The molecule has 0 unspecified atom stereocenters. The van der Waals surface area contributed by atoms with Crippen molar-refractivity contribution >= 4 is 51.9 Å². The highest BCUT2D eigenvalue weighted by atomic mass is 35.5. The number of rotatable bonds is 10. The third kappa shape index (κ3) is 5.64. The molecule has 1 aliphatic rings. The smallest absolute Gasteiger partial charge is 0.261 e. The van der Waals surface area contributed by atoms with Crippen molar-refractivity contribution in [3.63, 3.8) is 0 Å². The molecule has 41 heavy (non-hydrogen) atoms. The lowest BCUT2D eigenvalue weighted by Crippen LogP contribution is -2.31. The van der Waals surface area contributed by atoms with Crippen LogP contribution in [0.25, 0.3) is 22.4 Å². The molecule has 6 N–H and O–H groups in total. The number of nitrogens with zero attached hydrogens (tertiary/aromatic N) is 2. The van der Waals surface area contributed by atoms with Crippen LogP contribution in [0.15, 0.2) is 76.0 Å². The Morgan fingerprint density at radius 2 is 1.98 bits per heavy atom. The number of carbonyl (C=O) groups excluding carboxylic acids is 2. The van der Waals surface area contributed by atoms with E-state index in [1.807, 2.05) is 0 Å². The molecule has 2 amide bonds. The van der Waals surface area contributed by atoms with Gasteiger partial charge in [-0.05, 0) is 54.6 Å². The number of fused-ring (bicyclic) bond motifs is 2. The highest BCUT2D eigenvalue weighted by molar-refractivity contribution is 8.05. The number of benzene rings is 2. The van der Waals surface area contributed by atoms with E-state index in [0.717, 1.165) is 4.91 Å². The second-order valence-electron chi connectivity index (χ2n) is 9.45. The number of pyridine rings is 1. The molecule has 5 rings (SSSR count). The summed E-state index contributed by atoms with van der Waals surface area (Å²) < 4.78 is 0. The van der Waals surface area contributed by atoms with Gasteiger partial charge < -0.3 is 26.1 Å². The van der Waals surface area contributed by atoms with Crippen LogP contribution >= 0.6 is 23.4 Å². The average molecular weight is 591 g/mol. The number of thioether (sulfide) groups is 1. The zero-order chi connectivity index (χ0) is 29.3. The molecule has 0 aliphatic carbocycles. The number of imide groups is 1. The number of aromatic nitrogens is 3. The van der Waals surface area contributed by atoms with Crippen LogP contribution in [-0.2, 0) is 0 Å². The highest BCUT2D eigenvalue weighted by Gasteiger charge is 2.36. The number of halogens is 1. The van der Waals surface area contributed by atoms with Crippen LogP contribution in [0.1, 0.15) is 45.7 Å². The number of amides is 2. The predicted molar refractivity (Wildman–Crippen MR) is 162 cm³/mol. The van der Waals surface area contributed by atoms with Crippen LogP contribution in [0.2, 0.25) is 5.02 Å². The summed E-state index contributed by atoms with van der Waals surface area (Å²) in [6, 6.07) is 11.7. The summed E-state index contributed by atoms with van der Waals surface area (Å²) in [6.07, 6.45) is 1.03. The van der Waals surface area contributed by atoms with Crippen LogP contribution in [0, 0.1) is 0 Å². The number of H-pyrrole nitrogens is 2. The van der Waals surface area contributed by atoms with Crippen LogP contribution in [0.4, 0.5) is 5.69 Å². The number of hydrogen-bond acceptors (Lipinski definition) is 8. The molecule has 3 heterocycles. The number of aliphatic hydroxyl groups excluding tert-OH is 1. The fourth-order valence-corrected chi connectivity index (χ4v) is 5.47. The minimum absolute atomic E-state index is 0.107. The van der Waals surface area contributed by atoms with Crippen molar-refractivity contribution in [2.45, 2.75) is 19.4 Å². The van der Waals surface area contributed by atoms with Gasteiger partial charge in [0.15, 0.2) is 0 Å². The van der Waals surface area contributed by atoms with Crippen LogP contribution < -0.4 is 16.6 Å². The van der Waals surface area contributed by atoms with Gasteiger partial charge in [-0.2, -0.15) is 0 Å². The molecule has 0 saturated heterocycles. The van der Waals surface area contributed by atoms with Gasteiger partial charge in [0.25, 0.3) is 17.4 Å². The Morgan fingerprint density at radius 3 is 2.68 bits per heavy atom. The standard InChI is InChI=1S/C29H27ClN6O4S/c1-3-41-24(15(2)31)8-10-36-28(39)18-12-21-22(13-19(18)29(36)40)35-26(34-21)25-20(7-9-32-27(25)38)33-14-23(37)16-5-4-6-17(30)11-16/h3-7,9,11-13,23,37H,1,8,10,14,31H2,2H3,(H,34,35)(H2,32,33,38)/b24-15-/t23-/m1/s1. The van der Waals surface area contributed by atoms with Crippen LogP contribution in [0.3, 0.4) is 0 Å². The maximum Gasteiger partial charge on any atom is 0.261 e. The van der Waals surface area contributed by atoms with Crippen molar-refractivity contribution in [3.05, 3.63) is 103 Å². The molecule has 0 fully saturated rings. The van der Waals surface area contributed by atoms with Crippen molar-refractivity contribution in [1.82, 2.24) is 19.9 Å². The van der Waals surface area contributed by atoms with E-state index in [1.54, 1.807) is 54.8 Å². The molecule has 10 nitrogen and oxygen atoms in total. The first-order valence-corrected chi connectivity index (χ1v) is 14.0. The summed E-state index contributed by atoms with van der Waals surface area (Å²) in [4.78, 5) is 51.6. The summed E-state index contributed by atoms with van der Waals surface area (Å²) in [7, 11) is 0. The molecule has 0 saturated carbocycles. The van der Waals surface area contributed by atoms with Gasteiger partial charge in [-0.1, -0.05) is 30.3 Å². The van der Waals surface area contributed by atoms with Crippen LogP contribution in [0.5, 0.6) is 0 Å². The Balaban J connectivity index is 1.40. The molecule has 4 aromatic rings. The maximum absolute atomic E-state index is 13.2. The molecule has 210 valence electrons. The minimum atomic E-state index is -0.879. The predicted octanol–water partition coefficient (Wildman–Crippen LogP) is 4.77. The number of aromatic amines is 2. The summed E-state index contributed by atoms with van der Waals surface area (Å²) in [5.41, 5.74) is 8.85. The first kappa shape index (κ1) is 28.2. The van der Waals surface area contributed by atoms with Gasteiger partial charge in [0.1, 0.15) is 11.4 Å². The quantitative estimate of drug-likeness (QED) is 0.165. The minimum Gasteiger partial charge on any atom is -0.402 e. The largest absolute Gasteiger partial charge is 0.402 e. The van der Waals surface area contributed by atoms with Gasteiger partial charge in [-0.25, -0.2) is 4.98 Å². The number of nitrogens with two attached hydrogens (primary N) is 1. The van der Waals surface area contributed by atoms with Gasteiger partial charge in [0.2, 0.25) is 0 Å². The molecule has 0 bridgehead atoms. The van der Waals surface area contributed by atoms with Gasteiger partial charge >= 0.3 is 0 Å². The lowest BCUT2D eigenvalue weighted by molar-refractivity contribution is 0.0656. The highest BCUT2D eigenvalue weighted by Crippen LogP contribution is 2.31. The number of hydrogen-bond donors (Lipinski definition) is 5. The van der Waals surface area contributed by atoms with E-state index in [0.29, 0.717) is 39.4 Å². The Morgan fingerprint density at radius 1 is 1.22 bits per heavy atom. The molecule has 2 aromatic carbocycles. The SMILES string of the molecule is C=CS/C(CCN1C(=O)c2cc3nc(-c4c(NC[C@@H](O)c5cccc(Cl)c5)cc[nH]c4=O)[nH]c3cc2C1=O)=C(/C)N. The van der Waals surface area contributed by atoms with Crippen molar-refractivity contribution < 1.29 is 14.7 Å². The fourth-order valence-electron chi connectivity index (χ4n) is 4.68. The van der Waals surface area contributed by atoms with E-state index >= 15 is 0 Å². The van der Waals surface area contributed by atoms with Crippen LogP contribution in [-0.4, -0.2) is 49.9 Å². The van der Waals surface area contributed by atoms with Crippen molar-refractivity contribution in [3.8, 4) is 11.4 Å². The number of imidazole rings is 1. The van der Waals surface area contributed by atoms with Gasteiger partial charge in [-0.15, -0.1) is 11.8 Å². The average Bonchev–Trinajstić information content (AvgIpc) is 3.45. The topological polar surface area (TPSA) is 157 Å². The van der Waals surface area contributed by atoms with E-state index in [-0.39, 0.29) is 35.6 Å². The second-order valence-corrected chi connectivity index (χ2v) is 10.9. The summed E-state index contributed by atoms with van der Waals surface area (Å²) in [5.74, 6) is -0.573. The van der Waals surface area contributed by atoms with E-state index in [2.05, 4.69) is 26.8 Å². The first-order valence-electron chi connectivity index (χ1n) is 12.7. The Kier molecular flexibility index (Phi) is 8.02. The number of carbonyl (C=O) groups is 2.